The highest BCUT2D eigenvalue weighted by atomic mass is 15.1. The van der Waals surface area contributed by atoms with E-state index < -0.39 is 0 Å². The van der Waals surface area contributed by atoms with E-state index in [1.807, 2.05) is 6.07 Å². The normalized spacial score (nSPS) is 15.7. The van der Waals surface area contributed by atoms with Crippen molar-refractivity contribution >= 4 is 11.6 Å². The molecular formula is C17H22N4. The molecule has 1 fully saturated rings. The van der Waals surface area contributed by atoms with E-state index in [0.717, 1.165) is 24.6 Å². The topological polar surface area (TPSA) is 63.8 Å². The lowest BCUT2D eigenvalue weighted by Gasteiger charge is -2.13. The van der Waals surface area contributed by atoms with Crippen LogP contribution >= 0.6 is 0 Å². The van der Waals surface area contributed by atoms with Crippen LogP contribution in [-0.2, 0) is 0 Å². The summed E-state index contributed by atoms with van der Waals surface area (Å²) >= 11 is 0. The van der Waals surface area contributed by atoms with Crippen LogP contribution in [0.2, 0.25) is 0 Å². The Morgan fingerprint density at radius 1 is 1.24 bits per heavy atom. The van der Waals surface area contributed by atoms with Crippen LogP contribution in [0, 0.1) is 0 Å². The molecule has 21 heavy (non-hydrogen) atoms. The fraction of sp³-hybridized carbons (Fsp3) is 0.412. The summed E-state index contributed by atoms with van der Waals surface area (Å²) in [5.74, 6) is 3.36. The van der Waals surface area contributed by atoms with Crippen molar-refractivity contribution in [1.29, 1.82) is 0 Å². The maximum absolute atomic E-state index is 5.86. The van der Waals surface area contributed by atoms with E-state index in [4.69, 9.17) is 5.73 Å². The molecule has 2 aromatic rings. The number of anilines is 2. The van der Waals surface area contributed by atoms with Gasteiger partial charge in [-0.25, -0.2) is 9.97 Å². The molecule has 1 heterocycles. The zero-order chi connectivity index (χ0) is 14.7. The van der Waals surface area contributed by atoms with Crippen LogP contribution < -0.4 is 11.1 Å². The van der Waals surface area contributed by atoms with Crippen LogP contribution in [0.4, 0.5) is 11.6 Å². The Hall–Kier alpha value is -2.10. The first-order valence-electron chi connectivity index (χ1n) is 7.65. The molecule has 1 saturated carbocycles. The molecule has 3 rings (SSSR count). The van der Waals surface area contributed by atoms with Gasteiger partial charge in [0, 0.05) is 18.5 Å². The largest absolute Gasteiger partial charge is 0.384 e. The molecule has 1 unspecified atom stereocenters. The first-order chi connectivity index (χ1) is 10.2. The summed E-state index contributed by atoms with van der Waals surface area (Å²) < 4.78 is 0. The second kappa shape index (κ2) is 6.12. The zero-order valence-electron chi connectivity index (χ0n) is 12.4. The van der Waals surface area contributed by atoms with Gasteiger partial charge in [0.2, 0.25) is 0 Å². The minimum absolute atomic E-state index is 0.525. The molecule has 3 N–H and O–H groups in total. The van der Waals surface area contributed by atoms with Crippen molar-refractivity contribution < 1.29 is 0 Å². The monoisotopic (exact) mass is 282 g/mol. The average Bonchev–Trinajstić information content (AvgIpc) is 3.32. The van der Waals surface area contributed by atoms with Gasteiger partial charge in [-0.05, 0) is 30.7 Å². The van der Waals surface area contributed by atoms with Crippen LogP contribution in [0.1, 0.15) is 49.4 Å². The van der Waals surface area contributed by atoms with Crippen LogP contribution in [0.15, 0.2) is 36.4 Å². The van der Waals surface area contributed by atoms with Crippen LogP contribution in [0.5, 0.6) is 0 Å². The minimum atomic E-state index is 0.525. The summed E-state index contributed by atoms with van der Waals surface area (Å²) in [6.07, 6.45) is 3.44. The van der Waals surface area contributed by atoms with Crippen LogP contribution in [0.3, 0.4) is 0 Å². The number of hydrogen-bond donors (Lipinski definition) is 2. The third kappa shape index (κ3) is 3.72. The van der Waals surface area contributed by atoms with Crippen molar-refractivity contribution in [1.82, 2.24) is 9.97 Å². The van der Waals surface area contributed by atoms with Gasteiger partial charge < -0.3 is 11.1 Å². The molecule has 0 spiro atoms. The van der Waals surface area contributed by atoms with Gasteiger partial charge in [0.15, 0.2) is 0 Å². The number of aromatic nitrogens is 2. The van der Waals surface area contributed by atoms with E-state index in [2.05, 4.69) is 52.5 Å². The van der Waals surface area contributed by atoms with Gasteiger partial charge in [-0.1, -0.05) is 37.3 Å². The first-order valence-corrected chi connectivity index (χ1v) is 7.65. The van der Waals surface area contributed by atoms with Crippen LogP contribution in [-0.4, -0.2) is 16.5 Å². The Balaban J connectivity index is 1.55. The summed E-state index contributed by atoms with van der Waals surface area (Å²) in [7, 11) is 0. The Labute approximate surface area is 125 Å². The molecule has 0 saturated heterocycles. The second-order valence-electron chi connectivity index (χ2n) is 5.84. The van der Waals surface area contributed by atoms with E-state index in [-0.39, 0.29) is 0 Å². The number of nitrogens with zero attached hydrogens (tertiary/aromatic N) is 2. The number of hydrogen-bond acceptors (Lipinski definition) is 4. The number of benzene rings is 1. The maximum atomic E-state index is 5.86. The molecule has 1 aliphatic carbocycles. The smallest absolute Gasteiger partial charge is 0.136 e. The quantitative estimate of drug-likeness (QED) is 0.850. The number of nitrogen functional groups attached to an aromatic ring is 1. The zero-order valence-corrected chi connectivity index (χ0v) is 12.4. The number of nitrogens with one attached hydrogen (secondary N) is 1. The number of rotatable bonds is 6. The predicted octanol–water partition coefficient (Wildman–Crippen LogP) is 3.54. The molecule has 1 aromatic carbocycles. The molecule has 1 aliphatic rings. The lowest BCUT2D eigenvalue weighted by Crippen LogP contribution is -2.09. The van der Waals surface area contributed by atoms with Crippen molar-refractivity contribution in [3.63, 3.8) is 0 Å². The van der Waals surface area contributed by atoms with Gasteiger partial charge in [-0.2, -0.15) is 0 Å². The van der Waals surface area contributed by atoms with Crippen molar-refractivity contribution in [2.75, 3.05) is 17.6 Å². The Morgan fingerprint density at radius 2 is 2.00 bits per heavy atom. The summed E-state index contributed by atoms with van der Waals surface area (Å²) in [6, 6.07) is 12.4. The molecule has 0 amide bonds. The molecule has 110 valence electrons. The Bertz CT molecular complexity index is 593. The molecule has 0 bridgehead atoms. The standard InChI is InChI=1S/C17H22N4/c1-12(13-5-3-2-4-6-13)9-10-19-16-11-15(18)20-17(21-16)14-7-8-14/h2-6,11-12,14H,7-10H2,1H3,(H3,18,19,20,21). The van der Waals surface area contributed by atoms with Crippen molar-refractivity contribution in [3.05, 3.63) is 47.8 Å². The fourth-order valence-electron chi connectivity index (χ4n) is 2.46. The van der Waals surface area contributed by atoms with E-state index in [1.165, 1.54) is 18.4 Å². The van der Waals surface area contributed by atoms with Gasteiger partial charge >= 0.3 is 0 Å². The van der Waals surface area contributed by atoms with Crippen molar-refractivity contribution in [2.24, 2.45) is 0 Å². The highest BCUT2D eigenvalue weighted by Crippen LogP contribution is 2.38. The molecule has 4 nitrogen and oxygen atoms in total. The third-order valence-electron chi connectivity index (χ3n) is 3.96. The first kappa shape index (κ1) is 13.9. The summed E-state index contributed by atoms with van der Waals surface area (Å²) in [5.41, 5.74) is 7.23. The highest BCUT2D eigenvalue weighted by Gasteiger charge is 2.27. The maximum Gasteiger partial charge on any atom is 0.136 e. The summed E-state index contributed by atoms with van der Waals surface area (Å²) in [5, 5.41) is 3.38. The Kier molecular flexibility index (Phi) is 4.04. The molecule has 1 atom stereocenters. The Morgan fingerprint density at radius 3 is 2.71 bits per heavy atom. The number of nitrogens with two attached hydrogens (primary N) is 1. The van der Waals surface area contributed by atoms with Gasteiger partial charge in [0.25, 0.3) is 0 Å². The molecule has 0 aliphatic heterocycles. The van der Waals surface area contributed by atoms with E-state index in [0.29, 0.717) is 17.7 Å². The van der Waals surface area contributed by atoms with Gasteiger partial charge in [-0.15, -0.1) is 0 Å². The van der Waals surface area contributed by atoms with E-state index in [9.17, 15) is 0 Å². The fourth-order valence-corrected chi connectivity index (χ4v) is 2.46. The summed E-state index contributed by atoms with van der Waals surface area (Å²) in [4.78, 5) is 8.88. The highest BCUT2D eigenvalue weighted by molar-refractivity contribution is 5.45. The SMILES string of the molecule is CC(CCNc1cc(N)nc(C2CC2)n1)c1ccccc1. The van der Waals surface area contributed by atoms with Gasteiger partial charge in [-0.3, -0.25) is 0 Å². The predicted molar refractivity (Wildman–Crippen MR) is 86.4 cm³/mol. The average molecular weight is 282 g/mol. The summed E-state index contributed by atoms with van der Waals surface area (Å²) in [6.45, 7) is 3.14. The third-order valence-corrected chi connectivity index (χ3v) is 3.96. The van der Waals surface area contributed by atoms with E-state index in [1.54, 1.807) is 0 Å². The van der Waals surface area contributed by atoms with Gasteiger partial charge in [0.05, 0.1) is 0 Å². The van der Waals surface area contributed by atoms with Crippen molar-refractivity contribution in [3.8, 4) is 0 Å². The van der Waals surface area contributed by atoms with E-state index >= 15 is 0 Å². The second-order valence-corrected chi connectivity index (χ2v) is 5.84. The minimum Gasteiger partial charge on any atom is -0.384 e. The molecule has 4 heteroatoms. The van der Waals surface area contributed by atoms with Gasteiger partial charge in [0.1, 0.15) is 17.5 Å². The lowest BCUT2D eigenvalue weighted by atomic mass is 9.98. The molecule has 0 radical (unpaired) electrons. The lowest BCUT2D eigenvalue weighted by molar-refractivity contribution is 0.704. The molecule has 1 aromatic heterocycles. The molecular weight excluding hydrogens is 260 g/mol. The van der Waals surface area contributed by atoms with Crippen LogP contribution in [0.25, 0.3) is 0 Å². The van der Waals surface area contributed by atoms with Crippen molar-refractivity contribution in [2.45, 2.75) is 38.0 Å².